The number of fused-ring (bicyclic) bond motifs is 2. The average Bonchev–Trinajstić information content (AvgIpc) is 2.94. The van der Waals surface area contributed by atoms with Gasteiger partial charge in [-0.25, -0.2) is 4.98 Å². The topological polar surface area (TPSA) is 55.1 Å². The Morgan fingerprint density at radius 1 is 0.976 bits per heavy atom. The molecule has 3 aliphatic carbocycles. The van der Waals surface area contributed by atoms with Gasteiger partial charge in [0.1, 0.15) is 0 Å². The van der Waals surface area contributed by atoms with Gasteiger partial charge in [-0.2, -0.15) is 13.2 Å². The standard InChI is InChI=1S/C33H34F3N5/c1-21-12-14-24(15-13-21)38-29-19-32-30(18-28(29)39-26-10-6-16-37-22(26)2)40-27-9-3-4-11-31(27)41(32)25-8-5-7-23(17-25)20-33(34,35)36/h5-11,16-19,21,24,39H,3-4,12-15,20H2,1-2H3. The van der Waals surface area contributed by atoms with Gasteiger partial charge in [0.2, 0.25) is 0 Å². The van der Waals surface area contributed by atoms with Crippen LogP contribution < -0.4 is 21.4 Å². The van der Waals surface area contributed by atoms with Crippen LogP contribution in [0.1, 0.15) is 56.7 Å². The quantitative estimate of drug-likeness (QED) is 0.311. The van der Waals surface area contributed by atoms with Crippen molar-refractivity contribution in [3.8, 4) is 17.1 Å². The summed E-state index contributed by atoms with van der Waals surface area (Å²) in [6.45, 7) is 4.26. The molecule has 2 aromatic rings. The molecule has 8 heteroatoms. The number of halogens is 3. The highest BCUT2D eigenvalue weighted by Crippen LogP contribution is 2.28. The van der Waals surface area contributed by atoms with Gasteiger partial charge in [-0.15, -0.1) is 0 Å². The number of rotatable bonds is 5. The van der Waals surface area contributed by atoms with Crippen LogP contribution in [-0.2, 0) is 6.42 Å². The lowest BCUT2D eigenvalue weighted by Crippen LogP contribution is -2.40. The van der Waals surface area contributed by atoms with E-state index in [4.69, 9.17) is 9.98 Å². The van der Waals surface area contributed by atoms with E-state index in [1.807, 2.05) is 41.8 Å². The van der Waals surface area contributed by atoms with Crippen molar-refractivity contribution >= 4 is 23.5 Å². The van der Waals surface area contributed by atoms with Crippen LogP contribution in [0.4, 0.5) is 24.5 Å². The van der Waals surface area contributed by atoms with Crippen LogP contribution in [0.5, 0.6) is 0 Å². The molecular weight excluding hydrogens is 523 g/mol. The monoisotopic (exact) mass is 557 g/mol. The molecule has 0 bridgehead atoms. The van der Waals surface area contributed by atoms with Crippen molar-refractivity contribution < 1.29 is 13.2 Å². The molecule has 2 heterocycles. The summed E-state index contributed by atoms with van der Waals surface area (Å²) in [7, 11) is 0. The molecule has 0 spiro atoms. The first kappa shape index (κ1) is 27.2. The van der Waals surface area contributed by atoms with Crippen molar-refractivity contribution in [3.63, 3.8) is 0 Å². The third kappa shape index (κ3) is 6.06. The third-order valence-corrected chi connectivity index (χ3v) is 8.08. The molecule has 0 atom stereocenters. The molecular formula is C33H34F3N5. The Morgan fingerprint density at radius 3 is 2.56 bits per heavy atom. The lowest BCUT2D eigenvalue weighted by atomic mass is 9.88. The van der Waals surface area contributed by atoms with Crippen LogP contribution in [0.2, 0.25) is 0 Å². The van der Waals surface area contributed by atoms with Crippen molar-refractivity contribution in [2.45, 2.75) is 71.0 Å². The molecule has 1 aromatic carbocycles. The van der Waals surface area contributed by atoms with E-state index >= 15 is 0 Å². The van der Waals surface area contributed by atoms with Gasteiger partial charge in [0.05, 0.1) is 57.0 Å². The van der Waals surface area contributed by atoms with Crippen LogP contribution >= 0.6 is 0 Å². The van der Waals surface area contributed by atoms with E-state index in [1.165, 1.54) is 6.07 Å². The maximum absolute atomic E-state index is 13.3. The van der Waals surface area contributed by atoms with Gasteiger partial charge in [0, 0.05) is 11.9 Å². The fourth-order valence-corrected chi connectivity index (χ4v) is 5.90. The van der Waals surface area contributed by atoms with Crippen LogP contribution in [0.25, 0.3) is 29.2 Å². The minimum atomic E-state index is -4.28. The maximum atomic E-state index is 13.3. The summed E-state index contributed by atoms with van der Waals surface area (Å²) in [5, 5.41) is 6.11. The molecule has 6 rings (SSSR count). The minimum absolute atomic E-state index is 0.216. The van der Waals surface area contributed by atoms with Crippen LogP contribution in [-0.4, -0.2) is 26.8 Å². The number of aryl methyl sites for hydroxylation is 1. The van der Waals surface area contributed by atoms with Gasteiger partial charge in [-0.3, -0.25) is 9.98 Å². The van der Waals surface area contributed by atoms with Gasteiger partial charge in [-0.05, 0) is 93.3 Å². The number of hydrogen-bond acceptors (Lipinski definition) is 4. The Labute approximate surface area is 237 Å². The van der Waals surface area contributed by atoms with E-state index in [0.717, 1.165) is 83.0 Å². The number of anilines is 2. The summed E-state index contributed by atoms with van der Waals surface area (Å²) in [4.78, 5) is 14.7. The molecule has 0 saturated heterocycles. The van der Waals surface area contributed by atoms with Gasteiger partial charge < -0.3 is 9.88 Å². The molecule has 212 valence electrons. The number of pyridine rings is 1. The van der Waals surface area contributed by atoms with Gasteiger partial charge in [-0.1, -0.05) is 31.2 Å². The van der Waals surface area contributed by atoms with Crippen molar-refractivity contribution in [1.29, 1.82) is 0 Å². The average molecular weight is 558 g/mol. The number of nitrogens with zero attached hydrogens (tertiary/aromatic N) is 4. The fourth-order valence-electron chi connectivity index (χ4n) is 5.90. The zero-order valence-corrected chi connectivity index (χ0v) is 23.4. The lowest BCUT2D eigenvalue weighted by molar-refractivity contribution is -0.127. The second kappa shape index (κ2) is 11.1. The molecule has 1 N–H and O–H groups in total. The number of alkyl halides is 3. The predicted molar refractivity (Wildman–Crippen MR) is 157 cm³/mol. The summed E-state index contributed by atoms with van der Waals surface area (Å²) in [6, 6.07) is 14.9. The Morgan fingerprint density at radius 2 is 1.78 bits per heavy atom. The summed E-state index contributed by atoms with van der Waals surface area (Å²) >= 11 is 0. The van der Waals surface area contributed by atoms with E-state index in [2.05, 4.69) is 29.4 Å². The summed E-state index contributed by atoms with van der Waals surface area (Å²) in [6.07, 6.45) is 6.84. The van der Waals surface area contributed by atoms with E-state index in [9.17, 15) is 13.2 Å². The zero-order chi connectivity index (χ0) is 28.6. The molecule has 41 heavy (non-hydrogen) atoms. The van der Waals surface area contributed by atoms with Crippen molar-refractivity contribution in [2.24, 2.45) is 10.9 Å². The number of hydrogen-bond donors (Lipinski definition) is 1. The zero-order valence-electron chi connectivity index (χ0n) is 23.4. The minimum Gasteiger partial charge on any atom is -0.352 e. The molecule has 1 aromatic heterocycles. The summed E-state index contributed by atoms with van der Waals surface area (Å²) in [5.41, 5.74) is 5.09. The molecule has 0 radical (unpaired) electrons. The number of nitrogens with one attached hydrogen (secondary N) is 1. The second-order valence-corrected chi connectivity index (χ2v) is 11.3. The molecule has 5 nitrogen and oxygen atoms in total. The smallest absolute Gasteiger partial charge is 0.352 e. The third-order valence-electron chi connectivity index (χ3n) is 8.08. The highest BCUT2D eigenvalue weighted by Gasteiger charge is 2.28. The molecule has 1 aliphatic heterocycles. The predicted octanol–water partition coefficient (Wildman–Crippen LogP) is 6.36. The molecule has 4 aliphatic rings. The van der Waals surface area contributed by atoms with E-state index in [0.29, 0.717) is 11.6 Å². The van der Waals surface area contributed by atoms with Gasteiger partial charge in [0.25, 0.3) is 0 Å². The SMILES string of the molecule is Cc1ncccc1Nc1cc2nc3c(n(-c4cccc(CC(F)(F)F)c4)c-2cc1=NC1CCC(C)CC1)=CCCC=3. The Kier molecular flexibility index (Phi) is 7.41. The van der Waals surface area contributed by atoms with E-state index < -0.39 is 12.6 Å². The lowest BCUT2D eigenvalue weighted by Gasteiger charge is -2.24. The Hall–Kier alpha value is -3.94. The largest absolute Gasteiger partial charge is 0.393 e. The Bertz CT molecular complexity index is 1730. The van der Waals surface area contributed by atoms with E-state index in [1.54, 1.807) is 18.3 Å². The summed E-state index contributed by atoms with van der Waals surface area (Å²) < 4.78 is 42.0. The molecule has 0 unspecified atom stereocenters. The highest BCUT2D eigenvalue weighted by molar-refractivity contribution is 5.71. The van der Waals surface area contributed by atoms with Crippen LogP contribution in [0.15, 0.2) is 59.7 Å². The Balaban J connectivity index is 1.59. The first-order valence-electron chi connectivity index (χ1n) is 14.4. The van der Waals surface area contributed by atoms with Crippen molar-refractivity contribution in [3.05, 3.63) is 82.0 Å². The summed E-state index contributed by atoms with van der Waals surface area (Å²) in [5.74, 6) is 0.710. The van der Waals surface area contributed by atoms with Crippen molar-refractivity contribution in [2.75, 3.05) is 5.32 Å². The first-order valence-corrected chi connectivity index (χ1v) is 14.4. The van der Waals surface area contributed by atoms with Crippen LogP contribution in [0, 0.1) is 12.8 Å². The fraction of sp³-hybridized carbons (Fsp3) is 0.364. The molecule has 1 fully saturated rings. The van der Waals surface area contributed by atoms with E-state index in [-0.39, 0.29) is 11.6 Å². The maximum Gasteiger partial charge on any atom is 0.393 e. The number of aromatic nitrogens is 3. The van der Waals surface area contributed by atoms with Gasteiger partial charge in [0.15, 0.2) is 0 Å². The van der Waals surface area contributed by atoms with Gasteiger partial charge >= 0.3 is 6.18 Å². The van der Waals surface area contributed by atoms with Crippen LogP contribution in [0.3, 0.4) is 0 Å². The first-order chi connectivity index (χ1) is 19.7. The second-order valence-electron chi connectivity index (χ2n) is 11.3. The van der Waals surface area contributed by atoms with Crippen molar-refractivity contribution in [1.82, 2.24) is 14.5 Å². The highest BCUT2D eigenvalue weighted by atomic mass is 19.4. The normalized spacial score (nSPS) is 19.4. The molecule has 1 saturated carbocycles. The number of benzene rings is 2. The molecule has 0 amide bonds.